The molecular formula is C15H13BrClF2NO3. The fourth-order valence-electron chi connectivity index (χ4n) is 1.71. The molecule has 0 bridgehead atoms. The lowest BCUT2D eigenvalue weighted by molar-refractivity contribution is -0.137. The highest BCUT2D eigenvalue weighted by atomic mass is 79.9. The summed E-state index contributed by atoms with van der Waals surface area (Å²) in [6.45, 7) is 1.67. The molecule has 0 atom stereocenters. The first-order valence-corrected chi connectivity index (χ1v) is 8.00. The summed E-state index contributed by atoms with van der Waals surface area (Å²) in [6.07, 6.45) is 2.92. The number of carbonyl (C=O) groups excluding carboxylic acids is 1. The smallest absolute Gasteiger partial charge is 0.343 e. The molecule has 1 saturated carbocycles. The van der Waals surface area contributed by atoms with Crippen molar-refractivity contribution in [3.05, 3.63) is 38.3 Å². The fourth-order valence-corrected chi connectivity index (χ4v) is 2.46. The molecule has 1 aromatic rings. The third kappa shape index (κ3) is 4.09. The Bertz CT molecular complexity index is 702. The molecule has 1 aliphatic carbocycles. The molecule has 0 radical (unpaired) electrons. The van der Waals surface area contributed by atoms with Crippen LogP contribution < -0.4 is 0 Å². The number of rotatable bonds is 5. The number of nitrogens with zero attached hydrogens (tertiary/aromatic N) is 1. The Kier molecular flexibility index (Phi) is 5.75. The second-order valence-corrected chi connectivity index (χ2v) is 6.07. The van der Waals surface area contributed by atoms with Crippen LogP contribution in [0.3, 0.4) is 0 Å². The van der Waals surface area contributed by atoms with Crippen molar-refractivity contribution in [1.82, 2.24) is 0 Å². The number of aliphatic hydroxyl groups excluding tert-OH is 1. The summed E-state index contributed by atoms with van der Waals surface area (Å²) in [7, 11) is 0. The molecule has 0 amide bonds. The average molecular weight is 409 g/mol. The van der Waals surface area contributed by atoms with Crippen LogP contribution in [0.5, 0.6) is 0 Å². The molecule has 0 heterocycles. The number of esters is 1. The van der Waals surface area contributed by atoms with Gasteiger partial charge >= 0.3 is 5.97 Å². The second-order valence-electron chi connectivity index (χ2n) is 4.84. The highest BCUT2D eigenvalue weighted by Crippen LogP contribution is 2.32. The van der Waals surface area contributed by atoms with Gasteiger partial charge in [-0.15, -0.1) is 0 Å². The molecule has 1 aromatic carbocycles. The van der Waals surface area contributed by atoms with E-state index in [1.54, 1.807) is 6.92 Å². The second kappa shape index (κ2) is 7.40. The zero-order valence-corrected chi connectivity index (χ0v) is 14.4. The topological polar surface area (TPSA) is 58.9 Å². The van der Waals surface area contributed by atoms with E-state index < -0.39 is 33.9 Å². The summed E-state index contributed by atoms with van der Waals surface area (Å²) in [6, 6.07) is 1.08. The lowest BCUT2D eigenvalue weighted by Crippen LogP contribution is -2.12. The van der Waals surface area contributed by atoms with E-state index in [0.29, 0.717) is 0 Å². The molecule has 0 spiro atoms. The molecule has 8 heteroatoms. The Morgan fingerprint density at radius 3 is 2.74 bits per heavy atom. The third-order valence-corrected chi connectivity index (χ3v) is 3.98. The van der Waals surface area contributed by atoms with Gasteiger partial charge in [-0.2, -0.15) is 0 Å². The molecule has 1 aliphatic rings. The normalized spacial score (nSPS) is 15.7. The predicted molar refractivity (Wildman–Crippen MR) is 86.8 cm³/mol. The van der Waals surface area contributed by atoms with Crippen molar-refractivity contribution < 1.29 is 23.4 Å². The summed E-state index contributed by atoms with van der Waals surface area (Å²) >= 11 is 8.43. The van der Waals surface area contributed by atoms with Gasteiger partial charge in [-0.25, -0.2) is 13.6 Å². The van der Waals surface area contributed by atoms with Crippen LogP contribution in [0.15, 0.2) is 21.1 Å². The van der Waals surface area contributed by atoms with E-state index in [4.69, 9.17) is 16.3 Å². The Balaban J connectivity index is 2.54. The van der Waals surface area contributed by atoms with Gasteiger partial charge in [0.15, 0.2) is 11.6 Å². The molecule has 0 aliphatic heterocycles. The number of aliphatic imine (C=N–C) groups is 1. The molecule has 2 rings (SSSR count). The van der Waals surface area contributed by atoms with Crippen LogP contribution in [0.25, 0.3) is 5.76 Å². The van der Waals surface area contributed by atoms with Crippen molar-refractivity contribution in [2.45, 2.75) is 25.8 Å². The molecule has 4 nitrogen and oxygen atoms in total. The molecule has 1 N–H and O–H groups in total. The number of benzene rings is 1. The van der Waals surface area contributed by atoms with Gasteiger partial charge in [-0.05, 0) is 41.8 Å². The fraction of sp³-hybridized carbons (Fsp3) is 0.333. The minimum Gasteiger partial charge on any atom is -0.506 e. The zero-order valence-electron chi connectivity index (χ0n) is 12.1. The Morgan fingerprint density at radius 2 is 2.17 bits per heavy atom. The van der Waals surface area contributed by atoms with Crippen molar-refractivity contribution in [2.24, 2.45) is 4.99 Å². The Labute approximate surface area is 144 Å². The largest absolute Gasteiger partial charge is 0.506 e. The van der Waals surface area contributed by atoms with Crippen molar-refractivity contribution in [3.8, 4) is 0 Å². The van der Waals surface area contributed by atoms with E-state index >= 15 is 0 Å². The summed E-state index contributed by atoms with van der Waals surface area (Å²) in [5, 5.41) is 9.49. The van der Waals surface area contributed by atoms with E-state index in [-0.39, 0.29) is 22.7 Å². The van der Waals surface area contributed by atoms with Gasteiger partial charge in [-0.1, -0.05) is 11.6 Å². The van der Waals surface area contributed by atoms with Crippen LogP contribution in [0.2, 0.25) is 5.02 Å². The Morgan fingerprint density at radius 1 is 1.52 bits per heavy atom. The van der Waals surface area contributed by atoms with E-state index in [1.165, 1.54) is 0 Å². The minimum atomic E-state index is -1.17. The molecule has 124 valence electrons. The molecule has 23 heavy (non-hydrogen) atoms. The van der Waals surface area contributed by atoms with Crippen molar-refractivity contribution in [2.75, 3.05) is 6.61 Å². The summed E-state index contributed by atoms with van der Waals surface area (Å²) in [5.74, 6) is -3.74. The number of ether oxygens (including phenoxy) is 1. The lowest BCUT2D eigenvalue weighted by Gasteiger charge is -2.10. The molecule has 1 fully saturated rings. The Hall–Kier alpha value is -1.47. The van der Waals surface area contributed by atoms with Crippen LogP contribution in [-0.4, -0.2) is 29.9 Å². The van der Waals surface area contributed by atoms with Crippen LogP contribution in [0, 0.1) is 11.6 Å². The van der Waals surface area contributed by atoms with Gasteiger partial charge in [0.2, 0.25) is 0 Å². The van der Waals surface area contributed by atoms with E-state index in [9.17, 15) is 18.7 Å². The zero-order chi connectivity index (χ0) is 17.1. The molecule has 0 saturated heterocycles. The van der Waals surface area contributed by atoms with Crippen molar-refractivity contribution in [3.63, 3.8) is 0 Å². The number of hydrogen-bond donors (Lipinski definition) is 1. The summed E-state index contributed by atoms with van der Waals surface area (Å²) < 4.78 is 32.4. The van der Waals surface area contributed by atoms with Crippen molar-refractivity contribution >= 4 is 45.5 Å². The van der Waals surface area contributed by atoms with Gasteiger partial charge in [-0.3, -0.25) is 4.99 Å². The third-order valence-electron chi connectivity index (χ3n) is 3.07. The van der Waals surface area contributed by atoms with Crippen LogP contribution >= 0.6 is 27.5 Å². The van der Waals surface area contributed by atoms with E-state index in [0.717, 1.165) is 25.1 Å². The predicted octanol–water partition coefficient (Wildman–Crippen LogP) is 4.45. The van der Waals surface area contributed by atoms with Crippen LogP contribution in [0.4, 0.5) is 8.78 Å². The maximum atomic E-state index is 14.1. The number of aliphatic hydroxyl groups is 1. The summed E-state index contributed by atoms with van der Waals surface area (Å²) in [4.78, 5) is 16.1. The average Bonchev–Trinajstić information content (AvgIpc) is 3.33. The number of carbonyl (C=O) groups is 1. The van der Waals surface area contributed by atoms with Crippen LogP contribution in [0.1, 0.15) is 25.3 Å². The standard InChI is InChI=1S/C15H13BrClF2NO3/c1-2-23-15(22)9(6-20-7-3-4-7)14(21)8-5-10(16)13(19)11(17)12(8)18/h5-7,21H,2-4H2,1H3. The monoisotopic (exact) mass is 407 g/mol. The highest BCUT2D eigenvalue weighted by molar-refractivity contribution is 9.10. The van der Waals surface area contributed by atoms with Gasteiger partial charge in [0.1, 0.15) is 16.4 Å². The summed E-state index contributed by atoms with van der Waals surface area (Å²) in [5.41, 5.74) is -0.735. The first-order valence-electron chi connectivity index (χ1n) is 6.83. The molecule has 0 unspecified atom stereocenters. The minimum absolute atomic E-state index is 0.0727. The SMILES string of the molecule is CCOC(=O)C(C=NC1CC1)=C(O)c1cc(Br)c(F)c(Cl)c1F. The number of halogens is 4. The van der Waals surface area contributed by atoms with Gasteiger partial charge in [0.05, 0.1) is 22.7 Å². The lowest BCUT2D eigenvalue weighted by atomic mass is 10.1. The highest BCUT2D eigenvalue weighted by Gasteiger charge is 2.25. The first-order chi connectivity index (χ1) is 10.9. The van der Waals surface area contributed by atoms with Gasteiger partial charge in [0, 0.05) is 6.21 Å². The van der Waals surface area contributed by atoms with Crippen molar-refractivity contribution in [1.29, 1.82) is 0 Å². The molecular weight excluding hydrogens is 396 g/mol. The van der Waals surface area contributed by atoms with Gasteiger partial charge in [0.25, 0.3) is 0 Å². The maximum Gasteiger partial charge on any atom is 0.343 e. The number of hydrogen-bond acceptors (Lipinski definition) is 4. The van der Waals surface area contributed by atoms with E-state index in [2.05, 4.69) is 20.9 Å². The maximum absolute atomic E-state index is 14.1. The van der Waals surface area contributed by atoms with Crippen LogP contribution in [-0.2, 0) is 9.53 Å². The first kappa shape index (κ1) is 17.9. The quantitative estimate of drug-likeness (QED) is 0.196. The van der Waals surface area contributed by atoms with E-state index in [1.807, 2.05) is 0 Å². The van der Waals surface area contributed by atoms with Gasteiger partial charge < -0.3 is 9.84 Å². The molecule has 0 aromatic heterocycles.